The van der Waals surface area contributed by atoms with Crippen molar-refractivity contribution in [3.63, 3.8) is 0 Å². The van der Waals surface area contributed by atoms with Gasteiger partial charge in [0, 0.05) is 24.3 Å². The number of rotatable bonds is 4. The Labute approximate surface area is 138 Å². The molecule has 0 N–H and O–H groups in total. The van der Waals surface area contributed by atoms with E-state index in [0.29, 0.717) is 23.7 Å². The molecule has 21 heavy (non-hydrogen) atoms. The molecule has 0 bridgehead atoms. The Balaban J connectivity index is 2.20. The molecule has 1 aromatic heterocycles. The molecule has 1 amide bonds. The molecule has 6 heteroatoms. The number of halogens is 3. The Kier molecular flexibility index (Phi) is 5.45. The number of pyridine rings is 1. The molecule has 0 unspecified atom stereocenters. The molecule has 0 spiro atoms. The lowest BCUT2D eigenvalue weighted by Crippen LogP contribution is -2.30. The van der Waals surface area contributed by atoms with Crippen LogP contribution in [0.4, 0.5) is 0 Å². The summed E-state index contributed by atoms with van der Waals surface area (Å²) in [4.78, 5) is 18.1. The Bertz CT molecular complexity index is 661. The van der Waals surface area contributed by atoms with E-state index in [4.69, 9.17) is 34.8 Å². The number of nitrogens with zero attached hydrogens (tertiary/aromatic N) is 2. The predicted octanol–water partition coefficient (Wildman–Crippen LogP) is 4.70. The molecule has 110 valence electrons. The van der Waals surface area contributed by atoms with E-state index in [1.54, 1.807) is 11.0 Å². The zero-order valence-corrected chi connectivity index (χ0v) is 13.6. The van der Waals surface area contributed by atoms with Gasteiger partial charge in [-0.25, -0.2) is 4.98 Å². The molecule has 0 aliphatic rings. The molecule has 0 saturated heterocycles. The van der Waals surface area contributed by atoms with Crippen LogP contribution in [0, 0.1) is 0 Å². The molecule has 1 heterocycles. The summed E-state index contributed by atoms with van der Waals surface area (Å²) < 4.78 is 0. The van der Waals surface area contributed by atoms with Crippen LogP contribution in [0.2, 0.25) is 15.2 Å². The van der Waals surface area contributed by atoms with Crippen molar-refractivity contribution in [2.45, 2.75) is 13.5 Å². The number of hydrogen-bond donors (Lipinski definition) is 0. The largest absolute Gasteiger partial charge is 0.335 e. The highest BCUT2D eigenvalue weighted by Gasteiger charge is 2.16. The highest BCUT2D eigenvalue weighted by molar-refractivity contribution is 6.41. The van der Waals surface area contributed by atoms with Gasteiger partial charge in [0.2, 0.25) is 0 Å². The summed E-state index contributed by atoms with van der Waals surface area (Å²) >= 11 is 17.6. The summed E-state index contributed by atoms with van der Waals surface area (Å²) in [6.45, 7) is 2.94. The molecular formula is C15H13Cl3N2O. The van der Waals surface area contributed by atoms with Gasteiger partial charge < -0.3 is 4.90 Å². The maximum atomic E-state index is 12.5. The zero-order chi connectivity index (χ0) is 15.4. The summed E-state index contributed by atoms with van der Waals surface area (Å²) in [5.74, 6) is -0.149. The van der Waals surface area contributed by atoms with Gasteiger partial charge in [-0.2, -0.15) is 0 Å². The van der Waals surface area contributed by atoms with Crippen molar-refractivity contribution >= 4 is 40.7 Å². The van der Waals surface area contributed by atoms with Crippen LogP contribution in [0.1, 0.15) is 22.8 Å². The van der Waals surface area contributed by atoms with E-state index >= 15 is 0 Å². The van der Waals surface area contributed by atoms with E-state index in [1.165, 1.54) is 12.3 Å². The Morgan fingerprint density at radius 3 is 2.62 bits per heavy atom. The lowest BCUT2D eigenvalue weighted by atomic mass is 10.2. The third kappa shape index (κ3) is 4.10. The molecule has 1 aromatic carbocycles. The van der Waals surface area contributed by atoms with Crippen LogP contribution in [-0.4, -0.2) is 22.3 Å². The number of amides is 1. The maximum Gasteiger partial charge on any atom is 0.255 e. The van der Waals surface area contributed by atoms with Gasteiger partial charge in [-0.15, -0.1) is 0 Å². The Morgan fingerprint density at radius 1 is 1.24 bits per heavy atom. The number of hydrogen-bond acceptors (Lipinski definition) is 2. The highest BCUT2D eigenvalue weighted by atomic mass is 35.5. The van der Waals surface area contributed by atoms with Gasteiger partial charge in [0.25, 0.3) is 5.91 Å². The number of aromatic nitrogens is 1. The number of carbonyl (C=O) groups is 1. The second-order valence-electron chi connectivity index (χ2n) is 4.45. The molecule has 2 rings (SSSR count). The second kappa shape index (κ2) is 7.12. The molecule has 0 aliphatic heterocycles. The van der Waals surface area contributed by atoms with Crippen LogP contribution in [0.3, 0.4) is 0 Å². The summed E-state index contributed by atoms with van der Waals surface area (Å²) in [6, 6.07) is 8.95. The van der Waals surface area contributed by atoms with Crippen molar-refractivity contribution in [3.8, 4) is 0 Å². The van der Waals surface area contributed by atoms with E-state index in [-0.39, 0.29) is 16.1 Å². The minimum Gasteiger partial charge on any atom is -0.335 e. The van der Waals surface area contributed by atoms with E-state index in [1.807, 2.05) is 25.1 Å². The van der Waals surface area contributed by atoms with E-state index in [2.05, 4.69) is 4.98 Å². The van der Waals surface area contributed by atoms with Crippen molar-refractivity contribution in [3.05, 3.63) is 62.9 Å². The number of benzene rings is 1. The second-order valence-corrected chi connectivity index (χ2v) is 5.65. The normalized spacial score (nSPS) is 10.5. The standard InChI is InChI=1S/C15H13Cl3N2O/c1-2-20(9-10-4-3-5-12(16)6-10)15(21)11-7-13(17)14(18)19-8-11/h3-8H,2,9H2,1H3. The first-order chi connectivity index (χ1) is 10.0. The first-order valence-corrected chi connectivity index (χ1v) is 7.49. The minimum absolute atomic E-state index is 0.149. The van der Waals surface area contributed by atoms with Gasteiger partial charge in [-0.05, 0) is 30.7 Å². The summed E-state index contributed by atoms with van der Waals surface area (Å²) in [5, 5.41) is 1.10. The molecule has 3 nitrogen and oxygen atoms in total. The third-order valence-corrected chi connectivity index (χ3v) is 3.90. The van der Waals surface area contributed by atoms with Gasteiger partial charge in [-0.1, -0.05) is 46.9 Å². The predicted molar refractivity (Wildman–Crippen MR) is 86.1 cm³/mol. The first-order valence-electron chi connectivity index (χ1n) is 6.36. The van der Waals surface area contributed by atoms with Gasteiger partial charge in [-0.3, -0.25) is 4.79 Å². The van der Waals surface area contributed by atoms with Crippen molar-refractivity contribution in [2.24, 2.45) is 0 Å². The maximum absolute atomic E-state index is 12.5. The van der Waals surface area contributed by atoms with E-state index in [9.17, 15) is 4.79 Å². The fourth-order valence-electron chi connectivity index (χ4n) is 1.90. The van der Waals surface area contributed by atoms with Crippen molar-refractivity contribution in [1.82, 2.24) is 9.88 Å². The first kappa shape index (κ1) is 16.1. The quantitative estimate of drug-likeness (QED) is 0.754. The molecular weight excluding hydrogens is 331 g/mol. The monoisotopic (exact) mass is 342 g/mol. The smallest absolute Gasteiger partial charge is 0.255 e. The Morgan fingerprint density at radius 2 is 2.00 bits per heavy atom. The zero-order valence-electron chi connectivity index (χ0n) is 11.3. The van der Waals surface area contributed by atoms with Gasteiger partial charge in [0.15, 0.2) is 0 Å². The fourth-order valence-corrected chi connectivity index (χ4v) is 2.39. The van der Waals surface area contributed by atoms with Gasteiger partial charge >= 0.3 is 0 Å². The average molecular weight is 344 g/mol. The summed E-state index contributed by atoms with van der Waals surface area (Å²) in [7, 11) is 0. The lowest BCUT2D eigenvalue weighted by Gasteiger charge is -2.21. The van der Waals surface area contributed by atoms with Crippen LogP contribution < -0.4 is 0 Å². The summed E-state index contributed by atoms with van der Waals surface area (Å²) in [5.41, 5.74) is 1.37. The van der Waals surface area contributed by atoms with Crippen molar-refractivity contribution < 1.29 is 4.79 Å². The topological polar surface area (TPSA) is 33.2 Å². The molecule has 0 radical (unpaired) electrons. The molecule has 0 fully saturated rings. The van der Waals surface area contributed by atoms with Crippen molar-refractivity contribution in [2.75, 3.05) is 6.54 Å². The third-order valence-electron chi connectivity index (χ3n) is 2.97. The van der Waals surface area contributed by atoms with Crippen LogP contribution in [-0.2, 0) is 6.54 Å². The van der Waals surface area contributed by atoms with Gasteiger partial charge in [0.05, 0.1) is 10.6 Å². The molecule has 0 saturated carbocycles. The highest BCUT2D eigenvalue weighted by Crippen LogP contribution is 2.21. The molecule has 0 atom stereocenters. The van der Waals surface area contributed by atoms with Crippen LogP contribution >= 0.6 is 34.8 Å². The van der Waals surface area contributed by atoms with Crippen molar-refractivity contribution in [1.29, 1.82) is 0 Å². The van der Waals surface area contributed by atoms with Crippen LogP contribution in [0.25, 0.3) is 0 Å². The van der Waals surface area contributed by atoms with E-state index < -0.39 is 0 Å². The van der Waals surface area contributed by atoms with Crippen LogP contribution in [0.5, 0.6) is 0 Å². The molecule has 2 aromatic rings. The van der Waals surface area contributed by atoms with E-state index in [0.717, 1.165) is 5.56 Å². The average Bonchev–Trinajstić information content (AvgIpc) is 2.47. The minimum atomic E-state index is -0.149. The van der Waals surface area contributed by atoms with Gasteiger partial charge in [0.1, 0.15) is 5.15 Å². The van der Waals surface area contributed by atoms with Crippen LogP contribution in [0.15, 0.2) is 36.5 Å². The number of carbonyl (C=O) groups excluding carboxylic acids is 1. The fraction of sp³-hybridized carbons (Fsp3) is 0.200. The Hall–Kier alpha value is -1.29. The summed E-state index contributed by atoms with van der Waals surface area (Å²) in [6.07, 6.45) is 1.43. The SMILES string of the molecule is CCN(Cc1cccc(Cl)c1)C(=O)c1cnc(Cl)c(Cl)c1. The lowest BCUT2D eigenvalue weighted by molar-refractivity contribution is 0.0752. The molecule has 0 aliphatic carbocycles.